The number of hydrogen-bond donors (Lipinski definition) is 2. The predicted molar refractivity (Wildman–Crippen MR) is 98.0 cm³/mol. The van der Waals surface area contributed by atoms with Gasteiger partial charge in [-0.3, -0.25) is 9.69 Å². The molecule has 0 radical (unpaired) electrons. The summed E-state index contributed by atoms with van der Waals surface area (Å²) in [6, 6.07) is 0. The second kappa shape index (κ2) is 12.3. The van der Waals surface area contributed by atoms with Gasteiger partial charge in [-0.2, -0.15) is 0 Å². The van der Waals surface area contributed by atoms with E-state index in [-0.39, 0.29) is 0 Å². The van der Waals surface area contributed by atoms with Gasteiger partial charge in [-0.1, -0.05) is 13.3 Å². The van der Waals surface area contributed by atoms with E-state index in [4.69, 9.17) is 16.3 Å². The number of hydrogen-bond acceptors (Lipinski definition) is 6. The lowest BCUT2D eigenvalue weighted by Crippen LogP contribution is -2.39. The standard InChI is InChI=1S/C18H36N4O2/c1-3-17(23)8-6-5-7-11-22(20)15-16(19)14-21-12-9-18(10-13-21)24-4-2/h15,18H,3-14,19-20H2,1-2H3/b16-15-. The van der Waals surface area contributed by atoms with Crippen LogP contribution in [-0.4, -0.2) is 54.6 Å². The van der Waals surface area contributed by atoms with Crippen molar-refractivity contribution < 1.29 is 9.53 Å². The van der Waals surface area contributed by atoms with E-state index >= 15 is 0 Å². The van der Waals surface area contributed by atoms with Gasteiger partial charge in [0.2, 0.25) is 0 Å². The summed E-state index contributed by atoms with van der Waals surface area (Å²) in [5, 5.41) is 1.67. The summed E-state index contributed by atoms with van der Waals surface area (Å²) in [6.07, 6.45) is 8.69. The first kappa shape index (κ1) is 20.9. The van der Waals surface area contributed by atoms with Gasteiger partial charge in [-0.05, 0) is 32.6 Å². The van der Waals surface area contributed by atoms with Crippen molar-refractivity contribution in [2.75, 3.05) is 32.8 Å². The van der Waals surface area contributed by atoms with Crippen LogP contribution >= 0.6 is 0 Å². The highest BCUT2D eigenvalue weighted by Gasteiger charge is 2.19. The molecular formula is C18H36N4O2. The molecule has 0 bridgehead atoms. The van der Waals surface area contributed by atoms with E-state index in [2.05, 4.69) is 4.90 Å². The lowest BCUT2D eigenvalue weighted by Gasteiger charge is -2.31. The highest BCUT2D eigenvalue weighted by Crippen LogP contribution is 2.14. The van der Waals surface area contributed by atoms with Gasteiger partial charge in [0.05, 0.1) is 6.10 Å². The molecule has 0 aromatic rings. The van der Waals surface area contributed by atoms with E-state index in [9.17, 15) is 4.79 Å². The molecule has 0 spiro atoms. The van der Waals surface area contributed by atoms with Crippen LogP contribution in [-0.2, 0) is 9.53 Å². The maximum Gasteiger partial charge on any atom is 0.132 e. The molecule has 0 aromatic heterocycles. The molecule has 24 heavy (non-hydrogen) atoms. The first-order valence-electron chi connectivity index (χ1n) is 9.38. The fourth-order valence-corrected chi connectivity index (χ4v) is 3.02. The maximum absolute atomic E-state index is 11.2. The Morgan fingerprint density at radius 2 is 1.96 bits per heavy atom. The Morgan fingerprint density at radius 1 is 1.25 bits per heavy atom. The SMILES string of the molecule is CCOC1CCN(C/C(N)=C/N(N)CCCCCC(=O)CC)CC1. The van der Waals surface area contributed by atoms with Crippen molar-refractivity contribution in [1.29, 1.82) is 0 Å². The molecule has 0 unspecified atom stereocenters. The fraction of sp³-hybridized carbons (Fsp3) is 0.833. The summed E-state index contributed by atoms with van der Waals surface area (Å²) >= 11 is 0. The minimum absolute atomic E-state index is 0.344. The van der Waals surface area contributed by atoms with E-state index in [0.29, 0.717) is 24.7 Å². The summed E-state index contributed by atoms with van der Waals surface area (Å²) in [4.78, 5) is 13.6. The molecule has 1 aliphatic heterocycles. The number of nitrogens with two attached hydrogens (primary N) is 2. The topological polar surface area (TPSA) is 84.8 Å². The highest BCUT2D eigenvalue weighted by molar-refractivity contribution is 5.77. The molecule has 1 aliphatic rings. The Kier molecular flexibility index (Phi) is 10.7. The number of ketones is 1. The van der Waals surface area contributed by atoms with E-state index in [0.717, 1.165) is 70.6 Å². The Hall–Kier alpha value is -1.11. The number of carbonyl (C=O) groups is 1. The number of rotatable bonds is 12. The predicted octanol–water partition coefficient (Wildman–Crippen LogP) is 2.00. The summed E-state index contributed by atoms with van der Waals surface area (Å²) in [7, 11) is 0. The van der Waals surface area contributed by atoms with Crippen molar-refractivity contribution in [3.8, 4) is 0 Å². The number of ether oxygens (including phenoxy) is 1. The molecule has 0 aromatic carbocycles. The average molecular weight is 341 g/mol. The molecule has 0 amide bonds. The lowest BCUT2D eigenvalue weighted by molar-refractivity contribution is -0.118. The summed E-state index contributed by atoms with van der Waals surface area (Å²) in [5.74, 6) is 6.33. The number of hydrazine groups is 1. The first-order valence-corrected chi connectivity index (χ1v) is 9.38. The second-order valence-electron chi connectivity index (χ2n) is 6.58. The zero-order chi connectivity index (χ0) is 17.8. The molecule has 0 atom stereocenters. The molecule has 4 N–H and O–H groups in total. The number of piperidine rings is 1. The van der Waals surface area contributed by atoms with E-state index < -0.39 is 0 Å². The Bertz CT molecular complexity index is 379. The Labute approximate surface area is 147 Å². The van der Waals surface area contributed by atoms with Gasteiger partial charge >= 0.3 is 0 Å². The van der Waals surface area contributed by atoms with Crippen LogP contribution < -0.4 is 11.6 Å². The Balaban J connectivity index is 2.15. The van der Waals surface area contributed by atoms with E-state index in [1.54, 1.807) is 5.01 Å². The van der Waals surface area contributed by atoms with Crippen molar-refractivity contribution in [2.24, 2.45) is 11.6 Å². The molecular weight excluding hydrogens is 304 g/mol. The van der Waals surface area contributed by atoms with Crippen molar-refractivity contribution in [2.45, 2.75) is 64.9 Å². The van der Waals surface area contributed by atoms with Gasteiger partial charge in [-0.25, -0.2) is 5.84 Å². The van der Waals surface area contributed by atoms with Crippen molar-refractivity contribution in [3.63, 3.8) is 0 Å². The Morgan fingerprint density at radius 3 is 2.58 bits per heavy atom. The van der Waals surface area contributed by atoms with Crippen molar-refractivity contribution in [3.05, 3.63) is 11.9 Å². The number of unbranched alkanes of at least 4 members (excludes halogenated alkanes) is 2. The molecule has 6 heteroatoms. The number of carbonyl (C=O) groups excluding carboxylic acids is 1. The smallest absolute Gasteiger partial charge is 0.132 e. The van der Waals surface area contributed by atoms with Crippen molar-refractivity contribution >= 4 is 5.78 Å². The minimum Gasteiger partial charge on any atom is -0.400 e. The van der Waals surface area contributed by atoms with Crippen LogP contribution in [0.25, 0.3) is 0 Å². The summed E-state index contributed by atoms with van der Waals surface area (Å²) < 4.78 is 5.66. The first-order chi connectivity index (χ1) is 11.5. The third kappa shape index (κ3) is 9.25. The molecule has 1 rings (SSSR count). The van der Waals surface area contributed by atoms with Crippen LogP contribution in [0.5, 0.6) is 0 Å². The molecule has 6 nitrogen and oxygen atoms in total. The average Bonchev–Trinajstić information content (AvgIpc) is 2.56. The zero-order valence-corrected chi connectivity index (χ0v) is 15.5. The fourth-order valence-electron chi connectivity index (χ4n) is 3.02. The van der Waals surface area contributed by atoms with Gasteiger partial charge in [-0.15, -0.1) is 0 Å². The third-order valence-electron chi connectivity index (χ3n) is 4.44. The summed E-state index contributed by atoms with van der Waals surface area (Å²) in [6.45, 7) is 8.33. The molecule has 1 heterocycles. The molecule has 0 saturated carbocycles. The van der Waals surface area contributed by atoms with Gasteiger partial charge < -0.3 is 15.5 Å². The largest absolute Gasteiger partial charge is 0.400 e. The lowest BCUT2D eigenvalue weighted by atomic mass is 10.1. The highest BCUT2D eigenvalue weighted by atomic mass is 16.5. The molecule has 0 aliphatic carbocycles. The van der Waals surface area contributed by atoms with Gasteiger partial charge in [0, 0.05) is 57.5 Å². The van der Waals surface area contributed by atoms with Crippen molar-refractivity contribution in [1.82, 2.24) is 9.91 Å². The van der Waals surface area contributed by atoms with E-state index in [1.807, 2.05) is 20.0 Å². The second-order valence-corrected chi connectivity index (χ2v) is 6.58. The van der Waals surface area contributed by atoms with Crippen LogP contribution in [0.4, 0.5) is 0 Å². The summed E-state index contributed by atoms with van der Waals surface area (Å²) in [5.41, 5.74) is 6.91. The van der Waals surface area contributed by atoms with Crippen LogP contribution in [0.15, 0.2) is 11.9 Å². The minimum atomic E-state index is 0.344. The number of Topliss-reactive ketones (excluding diaryl/α,β-unsaturated/α-hetero) is 1. The van der Waals surface area contributed by atoms with Crippen LogP contribution in [0.2, 0.25) is 0 Å². The van der Waals surface area contributed by atoms with Crippen LogP contribution in [0.3, 0.4) is 0 Å². The zero-order valence-electron chi connectivity index (χ0n) is 15.5. The van der Waals surface area contributed by atoms with Gasteiger partial charge in [0.25, 0.3) is 0 Å². The maximum atomic E-state index is 11.2. The molecule has 1 saturated heterocycles. The number of likely N-dealkylation sites (tertiary alicyclic amines) is 1. The molecule has 140 valence electrons. The third-order valence-corrected chi connectivity index (χ3v) is 4.44. The quantitative estimate of drug-likeness (QED) is 0.321. The number of nitrogens with zero attached hydrogens (tertiary/aromatic N) is 2. The van der Waals surface area contributed by atoms with Gasteiger partial charge in [0.1, 0.15) is 5.78 Å². The van der Waals surface area contributed by atoms with Crippen LogP contribution in [0, 0.1) is 0 Å². The normalized spacial score (nSPS) is 17.2. The van der Waals surface area contributed by atoms with E-state index in [1.165, 1.54) is 0 Å². The monoisotopic (exact) mass is 340 g/mol. The molecule has 1 fully saturated rings. The van der Waals surface area contributed by atoms with Crippen LogP contribution in [0.1, 0.15) is 58.8 Å². The van der Waals surface area contributed by atoms with Gasteiger partial charge in [0.15, 0.2) is 0 Å².